The number of nitrogens with one attached hydrogen (secondary N) is 2. The summed E-state index contributed by atoms with van der Waals surface area (Å²) in [5.74, 6) is 1.65. The lowest BCUT2D eigenvalue weighted by molar-refractivity contribution is -0.0312. The fourth-order valence-electron chi connectivity index (χ4n) is 4.35. The largest absolute Gasteiger partial charge is 0.391 e. The van der Waals surface area contributed by atoms with Gasteiger partial charge in [-0.2, -0.15) is 4.98 Å². The van der Waals surface area contributed by atoms with Gasteiger partial charge in [-0.1, -0.05) is 0 Å². The molecule has 2 aliphatic carbocycles. The number of fused-ring (bicyclic) bond motifs is 1. The first-order valence-electron chi connectivity index (χ1n) is 11.2. The van der Waals surface area contributed by atoms with Crippen molar-refractivity contribution in [1.29, 1.82) is 0 Å². The van der Waals surface area contributed by atoms with Crippen LogP contribution in [0.25, 0.3) is 20.8 Å². The van der Waals surface area contributed by atoms with E-state index in [0.29, 0.717) is 17.7 Å². The summed E-state index contributed by atoms with van der Waals surface area (Å²) in [6.45, 7) is 4.23. The van der Waals surface area contributed by atoms with Gasteiger partial charge in [0, 0.05) is 12.7 Å². The topological polar surface area (TPSA) is 162 Å². The minimum atomic E-state index is -1.33. The van der Waals surface area contributed by atoms with E-state index in [1.807, 2.05) is 13.0 Å². The van der Waals surface area contributed by atoms with Crippen molar-refractivity contribution in [3.63, 3.8) is 0 Å². The standard InChI is InChI=1S/C22H29N7O3S/c1-10-16(20-28-14-9-24-6-5-15(14)33-20)19(29-21(26-10)25-8-12-3-4-12)27-13-7-22(23,11(2)30)18(32)17(13)31/h5-6,9,11-13,17-18,30-32H,3-4,7-8,23H2,1-2H3,(H2,25,26,27,29)/t11?,13-,17+,18+,22+/m1/s1. The molecule has 11 heteroatoms. The van der Waals surface area contributed by atoms with E-state index in [2.05, 4.69) is 20.6 Å². The van der Waals surface area contributed by atoms with Gasteiger partial charge in [0.05, 0.1) is 39.8 Å². The van der Waals surface area contributed by atoms with Crippen molar-refractivity contribution < 1.29 is 15.3 Å². The van der Waals surface area contributed by atoms with Crippen molar-refractivity contribution >= 4 is 33.3 Å². The van der Waals surface area contributed by atoms with Gasteiger partial charge in [0.1, 0.15) is 28.6 Å². The molecular formula is C22H29N7O3S. The van der Waals surface area contributed by atoms with Crippen LogP contribution in [0.1, 0.15) is 31.9 Å². The fraction of sp³-hybridized carbons (Fsp3) is 0.545. The summed E-state index contributed by atoms with van der Waals surface area (Å²) >= 11 is 1.51. The van der Waals surface area contributed by atoms with Crippen molar-refractivity contribution in [2.24, 2.45) is 11.7 Å². The summed E-state index contributed by atoms with van der Waals surface area (Å²) < 4.78 is 0.993. The minimum Gasteiger partial charge on any atom is -0.391 e. The maximum Gasteiger partial charge on any atom is 0.224 e. The van der Waals surface area contributed by atoms with E-state index in [9.17, 15) is 15.3 Å². The molecule has 3 aromatic heterocycles. The maximum atomic E-state index is 10.7. The van der Waals surface area contributed by atoms with Crippen molar-refractivity contribution in [1.82, 2.24) is 19.9 Å². The third-order valence-electron chi connectivity index (χ3n) is 6.70. The molecule has 3 aromatic rings. The van der Waals surface area contributed by atoms with Gasteiger partial charge >= 0.3 is 0 Å². The number of anilines is 2. The molecule has 33 heavy (non-hydrogen) atoms. The average molecular weight is 472 g/mol. The van der Waals surface area contributed by atoms with E-state index < -0.39 is 29.9 Å². The Kier molecular flexibility index (Phi) is 5.69. The van der Waals surface area contributed by atoms with Crippen LogP contribution in [-0.2, 0) is 0 Å². The number of hydrogen-bond donors (Lipinski definition) is 6. The fourth-order valence-corrected chi connectivity index (χ4v) is 5.38. The highest BCUT2D eigenvalue weighted by atomic mass is 32.1. The van der Waals surface area contributed by atoms with Gasteiger partial charge in [0.2, 0.25) is 5.95 Å². The number of aliphatic hydroxyl groups excluding tert-OH is 3. The molecule has 0 aromatic carbocycles. The predicted molar refractivity (Wildman–Crippen MR) is 127 cm³/mol. The van der Waals surface area contributed by atoms with Crippen molar-refractivity contribution in [3.05, 3.63) is 24.2 Å². The first kappa shape index (κ1) is 22.4. The lowest BCUT2D eigenvalue weighted by atomic mass is 9.90. The number of pyridine rings is 1. The first-order chi connectivity index (χ1) is 15.8. The molecular weight excluding hydrogens is 442 g/mol. The summed E-state index contributed by atoms with van der Waals surface area (Å²) in [4.78, 5) is 18.2. The van der Waals surface area contributed by atoms with E-state index in [-0.39, 0.29) is 6.42 Å². The van der Waals surface area contributed by atoms with E-state index in [1.54, 1.807) is 12.4 Å². The highest BCUT2D eigenvalue weighted by Crippen LogP contribution is 2.39. The molecule has 0 bridgehead atoms. The summed E-state index contributed by atoms with van der Waals surface area (Å²) in [6.07, 6.45) is 2.59. The number of hydrogen-bond acceptors (Lipinski definition) is 11. The average Bonchev–Trinajstić information content (AvgIpc) is 3.47. The molecule has 0 amide bonds. The van der Waals surface area contributed by atoms with Crippen LogP contribution in [0.15, 0.2) is 18.5 Å². The van der Waals surface area contributed by atoms with Gasteiger partial charge < -0.3 is 31.7 Å². The molecule has 2 fully saturated rings. The van der Waals surface area contributed by atoms with Crippen LogP contribution in [0.3, 0.4) is 0 Å². The Morgan fingerprint density at radius 2 is 2.06 bits per heavy atom. The highest BCUT2D eigenvalue weighted by Gasteiger charge is 2.53. The first-order valence-corrected chi connectivity index (χ1v) is 12.0. The molecule has 0 saturated heterocycles. The van der Waals surface area contributed by atoms with Crippen LogP contribution in [0.4, 0.5) is 11.8 Å². The summed E-state index contributed by atoms with van der Waals surface area (Å²) in [6, 6.07) is 1.30. The van der Waals surface area contributed by atoms with E-state index in [4.69, 9.17) is 15.7 Å². The second kappa shape index (κ2) is 8.41. The number of thiazole rings is 1. The lowest BCUT2D eigenvalue weighted by Crippen LogP contribution is -2.57. The van der Waals surface area contributed by atoms with Crippen LogP contribution >= 0.6 is 11.3 Å². The molecule has 5 atom stereocenters. The molecule has 10 nitrogen and oxygen atoms in total. The second-order valence-corrected chi connectivity index (χ2v) is 10.3. The van der Waals surface area contributed by atoms with Gasteiger partial charge in [0.15, 0.2) is 0 Å². The Morgan fingerprint density at radius 1 is 1.27 bits per heavy atom. The zero-order valence-electron chi connectivity index (χ0n) is 18.6. The van der Waals surface area contributed by atoms with Crippen LogP contribution < -0.4 is 16.4 Å². The van der Waals surface area contributed by atoms with Crippen molar-refractivity contribution in [2.75, 3.05) is 17.2 Å². The molecule has 2 aliphatic rings. The molecule has 0 aliphatic heterocycles. The van der Waals surface area contributed by atoms with Crippen LogP contribution in [0, 0.1) is 12.8 Å². The van der Waals surface area contributed by atoms with E-state index in [1.165, 1.54) is 31.1 Å². The maximum absolute atomic E-state index is 10.7. The van der Waals surface area contributed by atoms with E-state index >= 15 is 0 Å². The third kappa shape index (κ3) is 4.15. The van der Waals surface area contributed by atoms with Gasteiger partial charge in [0.25, 0.3) is 0 Å². The third-order valence-corrected chi connectivity index (χ3v) is 7.75. The number of nitrogens with zero attached hydrogens (tertiary/aromatic N) is 4. The normalized spacial score (nSPS) is 28.2. The monoisotopic (exact) mass is 471 g/mol. The summed E-state index contributed by atoms with van der Waals surface area (Å²) in [7, 11) is 0. The molecule has 0 radical (unpaired) electrons. The van der Waals surface area contributed by atoms with Gasteiger partial charge in [-0.3, -0.25) is 4.98 Å². The molecule has 1 unspecified atom stereocenters. The Balaban J connectivity index is 1.53. The minimum absolute atomic E-state index is 0.171. The number of aliphatic hydroxyl groups is 3. The summed E-state index contributed by atoms with van der Waals surface area (Å²) in [5, 5.41) is 38.7. The number of rotatable bonds is 7. The zero-order chi connectivity index (χ0) is 23.3. The van der Waals surface area contributed by atoms with Crippen LogP contribution in [0.5, 0.6) is 0 Å². The highest BCUT2D eigenvalue weighted by molar-refractivity contribution is 7.21. The molecule has 2 saturated carbocycles. The van der Waals surface area contributed by atoms with Crippen LogP contribution in [0.2, 0.25) is 0 Å². The molecule has 5 rings (SSSR count). The van der Waals surface area contributed by atoms with Crippen molar-refractivity contribution in [2.45, 2.75) is 63.0 Å². The lowest BCUT2D eigenvalue weighted by Gasteiger charge is -2.31. The number of nitrogens with two attached hydrogens (primary N) is 1. The second-order valence-electron chi connectivity index (χ2n) is 9.22. The Bertz CT molecular complexity index is 1140. The Hall–Kier alpha value is -2.44. The van der Waals surface area contributed by atoms with Gasteiger partial charge in [-0.25, -0.2) is 9.97 Å². The number of aromatic nitrogens is 4. The Morgan fingerprint density at radius 3 is 2.73 bits per heavy atom. The van der Waals surface area contributed by atoms with Crippen molar-refractivity contribution in [3.8, 4) is 10.6 Å². The molecule has 0 spiro atoms. The SMILES string of the molecule is Cc1nc(NCC2CC2)nc(N[C@@H]2C[C@](N)(C(C)O)[C@@H](O)[C@H]2O)c1-c1nc2cnccc2s1. The molecule has 3 heterocycles. The molecule has 176 valence electrons. The molecule has 7 N–H and O–H groups in total. The van der Waals surface area contributed by atoms with E-state index in [0.717, 1.165) is 33.0 Å². The Labute approximate surface area is 195 Å². The predicted octanol–water partition coefficient (Wildman–Crippen LogP) is 1.26. The zero-order valence-corrected chi connectivity index (χ0v) is 19.4. The smallest absolute Gasteiger partial charge is 0.224 e. The van der Waals surface area contributed by atoms with Gasteiger partial charge in [-0.05, 0) is 45.1 Å². The van der Waals surface area contributed by atoms with Crippen LogP contribution in [-0.4, -0.2) is 71.7 Å². The van der Waals surface area contributed by atoms with Gasteiger partial charge in [-0.15, -0.1) is 11.3 Å². The quantitative estimate of drug-likeness (QED) is 0.296. The number of aryl methyl sites for hydroxylation is 1. The summed E-state index contributed by atoms with van der Waals surface area (Å²) in [5.41, 5.74) is 7.18.